The van der Waals surface area contributed by atoms with Gasteiger partial charge in [-0.1, -0.05) is 43.7 Å². The second-order valence-electron chi connectivity index (χ2n) is 4.67. The van der Waals surface area contributed by atoms with E-state index in [1.54, 1.807) is 5.51 Å². The van der Waals surface area contributed by atoms with Crippen molar-refractivity contribution < 1.29 is 9.90 Å². The molecule has 0 fully saturated rings. The number of hydrogen-bond donors (Lipinski definition) is 2. The summed E-state index contributed by atoms with van der Waals surface area (Å²) < 4.78 is 0. The minimum absolute atomic E-state index is 0.0534. The fourth-order valence-corrected chi connectivity index (χ4v) is 2.45. The number of aliphatic carboxylic acids is 1. The van der Waals surface area contributed by atoms with Gasteiger partial charge in [0, 0.05) is 11.3 Å². The Labute approximate surface area is 121 Å². The molecule has 1 aromatic heterocycles. The van der Waals surface area contributed by atoms with Crippen molar-refractivity contribution >= 4 is 23.0 Å². The molecule has 0 spiro atoms. The number of carboxylic acids is 1. The van der Waals surface area contributed by atoms with E-state index in [2.05, 4.69) is 15.5 Å². The molecular weight excluding hydrogens is 274 g/mol. The predicted octanol–water partition coefficient (Wildman–Crippen LogP) is 3.12. The van der Waals surface area contributed by atoms with Gasteiger partial charge in [0.15, 0.2) is 0 Å². The number of hydrogen-bond acceptors (Lipinski definition) is 5. The van der Waals surface area contributed by atoms with Crippen LogP contribution in [-0.4, -0.2) is 27.3 Å². The Kier molecular flexibility index (Phi) is 4.68. The van der Waals surface area contributed by atoms with Crippen molar-refractivity contribution in [3.63, 3.8) is 0 Å². The van der Waals surface area contributed by atoms with E-state index in [-0.39, 0.29) is 5.92 Å². The van der Waals surface area contributed by atoms with E-state index in [4.69, 9.17) is 0 Å². The molecule has 0 aliphatic carbocycles. The highest BCUT2D eigenvalue weighted by molar-refractivity contribution is 7.12. The Balaban J connectivity index is 2.21. The lowest BCUT2D eigenvalue weighted by Crippen LogP contribution is -2.35. The van der Waals surface area contributed by atoms with Crippen LogP contribution in [0.5, 0.6) is 0 Å². The number of carbonyl (C=O) groups is 1. The molecule has 6 heteroatoms. The minimum atomic E-state index is -0.833. The molecule has 0 saturated heterocycles. The summed E-state index contributed by atoms with van der Waals surface area (Å²) in [6.45, 7) is 3.92. The normalized spacial score (nSPS) is 13.7. The van der Waals surface area contributed by atoms with Crippen LogP contribution in [-0.2, 0) is 4.79 Å². The maximum atomic E-state index is 11.3. The van der Waals surface area contributed by atoms with Crippen LogP contribution in [0.25, 0.3) is 10.6 Å². The average Bonchev–Trinajstić information content (AvgIpc) is 2.98. The second-order valence-corrected chi connectivity index (χ2v) is 5.50. The highest BCUT2D eigenvalue weighted by Gasteiger charge is 2.23. The van der Waals surface area contributed by atoms with Crippen molar-refractivity contribution in [3.05, 3.63) is 29.8 Å². The van der Waals surface area contributed by atoms with Crippen LogP contribution >= 0.6 is 11.3 Å². The number of carboxylic acid groups (broad SMARTS) is 1. The smallest absolute Gasteiger partial charge is 0.326 e. The Morgan fingerprint density at radius 1 is 1.50 bits per heavy atom. The van der Waals surface area contributed by atoms with E-state index in [1.807, 2.05) is 38.1 Å². The summed E-state index contributed by atoms with van der Waals surface area (Å²) in [6, 6.07) is 6.99. The molecule has 0 aliphatic rings. The molecule has 1 heterocycles. The molecule has 0 aliphatic heterocycles. The van der Waals surface area contributed by atoms with Crippen molar-refractivity contribution in [2.45, 2.75) is 26.3 Å². The zero-order chi connectivity index (χ0) is 14.5. The largest absolute Gasteiger partial charge is 0.480 e. The van der Waals surface area contributed by atoms with Gasteiger partial charge in [0.2, 0.25) is 0 Å². The maximum absolute atomic E-state index is 11.3. The van der Waals surface area contributed by atoms with Crippen LogP contribution in [0.1, 0.15) is 20.3 Å². The van der Waals surface area contributed by atoms with Crippen LogP contribution in [0.3, 0.4) is 0 Å². The average molecular weight is 291 g/mol. The predicted molar refractivity (Wildman–Crippen MR) is 79.8 cm³/mol. The van der Waals surface area contributed by atoms with Gasteiger partial charge in [-0.25, -0.2) is 4.79 Å². The van der Waals surface area contributed by atoms with Crippen molar-refractivity contribution in [2.75, 3.05) is 5.32 Å². The molecule has 2 atom stereocenters. The molecule has 106 valence electrons. The number of nitrogens with one attached hydrogen (secondary N) is 1. The summed E-state index contributed by atoms with van der Waals surface area (Å²) >= 11 is 1.45. The van der Waals surface area contributed by atoms with Gasteiger partial charge in [-0.15, -0.1) is 10.2 Å². The van der Waals surface area contributed by atoms with Crippen LogP contribution in [0.15, 0.2) is 29.8 Å². The summed E-state index contributed by atoms with van der Waals surface area (Å²) in [5, 5.41) is 21.0. The number of anilines is 1. The molecule has 0 amide bonds. The van der Waals surface area contributed by atoms with Crippen LogP contribution in [0, 0.1) is 5.92 Å². The molecule has 5 nitrogen and oxygen atoms in total. The van der Waals surface area contributed by atoms with E-state index in [0.29, 0.717) is 0 Å². The lowest BCUT2D eigenvalue weighted by molar-refractivity contribution is -0.139. The monoisotopic (exact) mass is 291 g/mol. The topological polar surface area (TPSA) is 75.1 Å². The fourth-order valence-electron chi connectivity index (χ4n) is 1.90. The Morgan fingerprint density at radius 3 is 2.90 bits per heavy atom. The summed E-state index contributed by atoms with van der Waals surface area (Å²) in [5.41, 5.74) is 3.39. The summed E-state index contributed by atoms with van der Waals surface area (Å²) in [6.07, 6.45) is 0.806. The minimum Gasteiger partial charge on any atom is -0.480 e. The molecule has 2 N–H and O–H groups in total. The van der Waals surface area contributed by atoms with E-state index in [1.165, 1.54) is 11.3 Å². The van der Waals surface area contributed by atoms with Gasteiger partial charge < -0.3 is 10.4 Å². The number of nitrogens with zero attached hydrogens (tertiary/aromatic N) is 2. The molecule has 0 saturated carbocycles. The van der Waals surface area contributed by atoms with E-state index in [0.717, 1.165) is 22.7 Å². The summed E-state index contributed by atoms with van der Waals surface area (Å²) in [5.74, 6) is -0.779. The zero-order valence-corrected chi connectivity index (χ0v) is 12.2. The second kappa shape index (κ2) is 6.47. The molecular formula is C14H17N3O2S. The summed E-state index contributed by atoms with van der Waals surface area (Å²) in [4.78, 5) is 11.3. The van der Waals surface area contributed by atoms with Gasteiger partial charge in [0.1, 0.15) is 16.6 Å². The fraction of sp³-hybridized carbons (Fsp3) is 0.357. The molecule has 0 bridgehead atoms. The first-order valence-electron chi connectivity index (χ1n) is 6.47. The van der Waals surface area contributed by atoms with Gasteiger partial charge in [-0.3, -0.25) is 0 Å². The first-order valence-corrected chi connectivity index (χ1v) is 7.35. The third kappa shape index (κ3) is 3.33. The van der Waals surface area contributed by atoms with Crippen molar-refractivity contribution in [1.29, 1.82) is 0 Å². The molecule has 0 unspecified atom stereocenters. The maximum Gasteiger partial charge on any atom is 0.326 e. The number of rotatable bonds is 6. The molecule has 2 aromatic rings. The molecule has 1 aromatic carbocycles. The van der Waals surface area contributed by atoms with Gasteiger partial charge >= 0.3 is 5.97 Å². The lowest BCUT2D eigenvalue weighted by Gasteiger charge is -2.21. The van der Waals surface area contributed by atoms with Crippen molar-refractivity contribution in [1.82, 2.24) is 10.2 Å². The van der Waals surface area contributed by atoms with E-state index < -0.39 is 12.0 Å². The Bertz CT molecular complexity index is 572. The van der Waals surface area contributed by atoms with Gasteiger partial charge in [0.25, 0.3) is 0 Å². The van der Waals surface area contributed by atoms with Crippen molar-refractivity contribution in [2.24, 2.45) is 5.92 Å². The highest BCUT2D eigenvalue weighted by atomic mass is 32.1. The highest BCUT2D eigenvalue weighted by Crippen LogP contribution is 2.24. The summed E-state index contributed by atoms with van der Waals surface area (Å²) in [7, 11) is 0. The van der Waals surface area contributed by atoms with Crippen LogP contribution in [0.4, 0.5) is 5.69 Å². The van der Waals surface area contributed by atoms with Crippen LogP contribution in [0.2, 0.25) is 0 Å². The van der Waals surface area contributed by atoms with Gasteiger partial charge in [-0.2, -0.15) is 0 Å². The molecule has 2 rings (SSSR count). The Morgan fingerprint density at radius 2 is 2.30 bits per heavy atom. The molecule has 20 heavy (non-hydrogen) atoms. The van der Waals surface area contributed by atoms with E-state index >= 15 is 0 Å². The number of aromatic nitrogens is 2. The third-order valence-electron chi connectivity index (χ3n) is 3.27. The first kappa shape index (κ1) is 14.5. The number of benzene rings is 1. The van der Waals surface area contributed by atoms with E-state index in [9.17, 15) is 9.90 Å². The first-order chi connectivity index (χ1) is 9.61. The SMILES string of the molecule is CC[C@H](C)[C@H](Nc1cccc(-c2nncs2)c1)C(=O)O. The van der Waals surface area contributed by atoms with Crippen molar-refractivity contribution in [3.8, 4) is 10.6 Å². The van der Waals surface area contributed by atoms with Gasteiger partial charge in [-0.05, 0) is 18.1 Å². The lowest BCUT2D eigenvalue weighted by atomic mass is 9.99. The Hall–Kier alpha value is -1.95. The van der Waals surface area contributed by atoms with Crippen LogP contribution < -0.4 is 5.32 Å². The quantitative estimate of drug-likeness (QED) is 0.855. The standard InChI is InChI=1S/C14H17N3O2S/c1-3-9(2)12(14(18)19)16-11-6-4-5-10(7-11)13-17-15-8-20-13/h4-9,12,16H,3H2,1-2H3,(H,18,19)/t9-,12-/m0/s1. The third-order valence-corrected chi connectivity index (χ3v) is 4.01. The zero-order valence-electron chi connectivity index (χ0n) is 11.4. The molecule has 0 radical (unpaired) electrons. The van der Waals surface area contributed by atoms with Gasteiger partial charge in [0.05, 0.1) is 0 Å².